The predicted octanol–water partition coefficient (Wildman–Crippen LogP) is 4.09. The van der Waals surface area contributed by atoms with E-state index >= 15 is 0 Å². The van der Waals surface area contributed by atoms with Crippen LogP contribution in [-0.2, 0) is 17.6 Å². The van der Waals surface area contributed by atoms with Crippen molar-refractivity contribution in [2.75, 3.05) is 11.9 Å². The van der Waals surface area contributed by atoms with Gasteiger partial charge in [0.25, 0.3) is 5.89 Å². The quantitative estimate of drug-likeness (QED) is 0.358. The molecule has 0 radical (unpaired) electrons. The minimum absolute atomic E-state index is 0. The Morgan fingerprint density at radius 1 is 1.17 bits per heavy atom. The highest BCUT2D eigenvalue weighted by atomic mass is 127. The van der Waals surface area contributed by atoms with Crippen molar-refractivity contribution in [2.24, 2.45) is 10.7 Å². The number of aryl methyl sites for hydroxylation is 1. The molecule has 1 aromatic heterocycles. The van der Waals surface area contributed by atoms with Crippen LogP contribution in [-0.4, -0.2) is 28.7 Å². The fourth-order valence-electron chi connectivity index (χ4n) is 4.18. The fourth-order valence-corrected chi connectivity index (χ4v) is 4.18. The summed E-state index contributed by atoms with van der Waals surface area (Å²) in [5.74, 6) is 2.38. The van der Waals surface area contributed by atoms with Crippen molar-refractivity contribution in [3.05, 3.63) is 41.0 Å². The van der Waals surface area contributed by atoms with Gasteiger partial charge < -0.3 is 20.3 Å². The number of anilines is 1. The van der Waals surface area contributed by atoms with Gasteiger partial charge in [-0.1, -0.05) is 17.3 Å². The van der Waals surface area contributed by atoms with E-state index < -0.39 is 0 Å². The molecular formula is C21H28IN5O2. The maximum atomic E-state index is 6.15. The third-order valence-corrected chi connectivity index (χ3v) is 5.91. The Hall–Kier alpha value is -1.68. The molecule has 0 amide bonds. The average Bonchev–Trinajstić information content (AvgIpc) is 3.26. The number of rotatable bonds is 5. The Kier molecular flexibility index (Phi) is 6.38. The van der Waals surface area contributed by atoms with Crippen LogP contribution in [0, 0.1) is 0 Å². The first-order chi connectivity index (χ1) is 13.8. The van der Waals surface area contributed by atoms with Gasteiger partial charge in [0.15, 0.2) is 11.8 Å². The lowest BCUT2D eigenvalue weighted by molar-refractivity contribution is 0.0309. The molecule has 5 rings (SSSR count). The third kappa shape index (κ3) is 4.74. The van der Waals surface area contributed by atoms with Crippen LogP contribution < -0.4 is 11.1 Å². The van der Waals surface area contributed by atoms with Crippen molar-refractivity contribution in [3.8, 4) is 0 Å². The van der Waals surface area contributed by atoms with E-state index in [1.165, 1.54) is 36.8 Å². The maximum Gasteiger partial charge on any atom is 0.255 e. The second-order valence-corrected chi connectivity index (χ2v) is 8.09. The Labute approximate surface area is 187 Å². The summed E-state index contributed by atoms with van der Waals surface area (Å²) in [4.78, 5) is 9.02. The minimum Gasteiger partial charge on any atom is -0.370 e. The summed E-state index contributed by atoms with van der Waals surface area (Å²) >= 11 is 0. The molecule has 0 spiro atoms. The number of benzene rings is 1. The lowest BCUT2D eigenvalue weighted by atomic mass is 9.90. The van der Waals surface area contributed by atoms with Gasteiger partial charge in [-0.2, -0.15) is 4.98 Å². The zero-order chi connectivity index (χ0) is 18.9. The SMILES string of the molecule is I.NC(=NC[C@H]1CC[C@@H](c2nc(C3CC3)no2)O1)Nc1cccc2c1CCCC2. The number of ether oxygens (including phenoxy) is 1. The van der Waals surface area contributed by atoms with Crippen LogP contribution in [0.5, 0.6) is 0 Å². The minimum atomic E-state index is -0.115. The van der Waals surface area contributed by atoms with E-state index in [9.17, 15) is 0 Å². The number of guanidine groups is 1. The van der Waals surface area contributed by atoms with Crippen LogP contribution in [0.3, 0.4) is 0 Å². The van der Waals surface area contributed by atoms with Gasteiger partial charge in [0.2, 0.25) is 0 Å². The van der Waals surface area contributed by atoms with Gasteiger partial charge in [-0.15, -0.1) is 24.0 Å². The first-order valence-electron chi connectivity index (χ1n) is 10.4. The summed E-state index contributed by atoms with van der Waals surface area (Å²) < 4.78 is 11.5. The molecule has 7 nitrogen and oxygen atoms in total. The zero-order valence-corrected chi connectivity index (χ0v) is 18.8. The van der Waals surface area contributed by atoms with Gasteiger partial charge in [0.05, 0.1) is 12.6 Å². The van der Waals surface area contributed by atoms with Gasteiger partial charge in [0.1, 0.15) is 6.10 Å². The molecule has 1 aliphatic heterocycles. The highest BCUT2D eigenvalue weighted by Crippen LogP contribution is 2.39. The summed E-state index contributed by atoms with van der Waals surface area (Å²) in [6, 6.07) is 6.39. The smallest absolute Gasteiger partial charge is 0.255 e. The van der Waals surface area contributed by atoms with Crippen molar-refractivity contribution in [1.82, 2.24) is 10.1 Å². The third-order valence-electron chi connectivity index (χ3n) is 5.91. The lowest BCUT2D eigenvalue weighted by Crippen LogP contribution is -2.26. The molecule has 2 atom stereocenters. The van der Waals surface area contributed by atoms with Gasteiger partial charge in [0, 0.05) is 11.6 Å². The maximum absolute atomic E-state index is 6.15. The fraction of sp³-hybridized carbons (Fsp3) is 0.571. The number of nitrogens with two attached hydrogens (primary N) is 1. The van der Waals surface area contributed by atoms with E-state index in [2.05, 4.69) is 38.6 Å². The van der Waals surface area contributed by atoms with Gasteiger partial charge in [-0.3, -0.25) is 4.99 Å². The molecule has 156 valence electrons. The normalized spacial score (nSPS) is 24.1. The number of fused-ring (bicyclic) bond motifs is 1. The van der Waals surface area contributed by atoms with Gasteiger partial charge >= 0.3 is 0 Å². The Balaban J connectivity index is 0.00000205. The van der Waals surface area contributed by atoms with E-state index in [1.54, 1.807) is 0 Å². The molecule has 2 aliphatic carbocycles. The Bertz CT molecular complexity index is 880. The van der Waals surface area contributed by atoms with E-state index in [0.29, 0.717) is 24.3 Å². The van der Waals surface area contributed by atoms with Crippen LogP contribution in [0.4, 0.5) is 5.69 Å². The van der Waals surface area contributed by atoms with Crippen LogP contribution in [0.25, 0.3) is 0 Å². The molecule has 3 N–H and O–H groups in total. The second-order valence-electron chi connectivity index (χ2n) is 8.09. The Morgan fingerprint density at radius 3 is 2.90 bits per heavy atom. The van der Waals surface area contributed by atoms with E-state index in [-0.39, 0.29) is 36.2 Å². The van der Waals surface area contributed by atoms with Crippen LogP contribution in [0.1, 0.15) is 73.4 Å². The summed E-state index contributed by atoms with van der Waals surface area (Å²) in [6.07, 6.45) is 8.80. The van der Waals surface area contributed by atoms with Crippen LogP contribution >= 0.6 is 24.0 Å². The first-order valence-corrected chi connectivity index (χ1v) is 10.4. The molecular weight excluding hydrogens is 481 g/mol. The van der Waals surface area contributed by atoms with Crippen molar-refractivity contribution in [3.63, 3.8) is 0 Å². The van der Waals surface area contributed by atoms with Crippen LogP contribution in [0.15, 0.2) is 27.7 Å². The van der Waals surface area contributed by atoms with Gasteiger partial charge in [-0.25, -0.2) is 0 Å². The molecule has 3 aliphatic rings. The molecule has 0 bridgehead atoms. The van der Waals surface area contributed by atoms with Crippen molar-refractivity contribution in [1.29, 1.82) is 0 Å². The number of aromatic nitrogens is 2. The highest BCUT2D eigenvalue weighted by Gasteiger charge is 2.34. The summed E-state index contributed by atoms with van der Waals surface area (Å²) in [5.41, 5.74) is 10.0. The molecule has 0 unspecified atom stereocenters. The van der Waals surface area contributed by atoms with E-state index in [1.807, 2.05) is 0 Å². The largest absolute Gasteiger partial charge is 0.370 e. The van der Waals surface area contributed by atoms with Crippen molar-refractivity contribution < 1.29 is 9.26 Å². The number of halogens is 1. The number of nitrogens with zero attached hydrogens (tertiary/aromatic N) is 3. The molecule has 8 heteroatoms. The number of hydrogen-bond acceptors (Lipinski definition) is 5. The highest BCUT2D eigenvalue weighted by molar-refractivity contribution is 14.0. The summed E-state index contributed by atoms with van der Waals surface area (Å²) in [7, 11) is 0. The number of hydrogen-bond donors (Lipinski definition) is 2. The average molecular weight is 509 g/mol. The molecule has 29 heavy (non-hydrogen) atoms. The zero-order valence-electron chi connectivity index (χ0n) is 16.5. The first kappa shape index (κ1) is 20.6. The molecule has 1 aromatic carbocycles. The molecule has 2 fully saturated rings. The molecule has 1 saturated heterocycles. The topological polar surface area (TPSA) is 98.6 Å². The molecule has 1 saturated carbocycles. The summed E-state index contributed by atoms with van der Waals surface area (Å²) in [5, 5.41) is 7.37. The van der Waals surface area contributed by atoms with Crippen molar-refractivity contribution >= 4 is 35.6 Å². The second kappa shape index (κ2) is 8.99. The number of aliphatic imine (C=N–C) groups is 1. The monoisotopic (exact) mass is 509 g/mol. The molecule has 2 aromatic rings. The lowest BCUT2D eigenvalue weighted by Gasteiger charge is -2.20. The van der Waals surface area contributed by atoms with E-state index in [4.69, 9.17) is 15.0 Å². The summed E-state index contributed by atoms with van der Waals surface area (Å²) in [6.45, 7) is 0.536. The van der Waals surface area contributed by atoms with Gasteiger partial charge in [-0.05, 0) is 68.6 Å². The number of nitrogens with one attached hydrogen (secondary N) is 1. The standard InChI is InChI=1S/C21H27N5O2.HI/c22-21(24-17-7-3-5-13-4-1-2-6-16(13)17)23-12-15-10-11-18(27-15)20-25-19(26-28-20)14-8-9-14;/h3,5,7,14-15,18H,1-2,4,6,8-12H2,(H3,22,23,24);1H/t15-,18+;/m1./s1. The predicted molar refractivity (Wildman–Crippen MR) is 122 cm³/mol. The van der Waals surface area contributed by atoms with Crippen LogP contribution in [0.2, 0.25) is 0 Å². The Morgan fingerprint density at radius 2 is 2.03 bits per heavy atom. The van der Waals surface area contributed by atoms with E-state index in [0.717, 1.165) is 37.2 Å². The molecule has 2 heterocycles. The van der Waals surface area contributed by atoms with Crippen molar-refractivity contribution in [2.45, 2.75) is 69.5 Å².